The van der Waals surface area contributed by atoms with Gasteiger partial charge in [-0.05, 0) is 49.2 Å². The summed E-state index contributed by atoms with van der Waals surface area (Å²) in [5.41, 5.74) is 2.28. The molecule has 0 amide bonds. The molecule has 0 aliphatic rings. The Hall–Kier alpha value is -0.790. The molecule has 0 aromatic carbocycles. The predicted octanol–water partition coefficient (Wildman–Crippen LogP) is 2.87. The molecule has 0 aliphatic heterocycles. The van der Waals surface area contributed by atoms with E-state index in [9.17, 15) is 0 Å². The van der Waals surface area contributed by atoms with Crippen molar-refractivity contribution >= 4 is 15.9 Å². The van der Waals surface area contributed by atoms with Gasteiger partial charge in [-0.1, -0.05) is 0 Å². The molecule has 0 atom stereocenters. The van der Waals surface area contributed by atoms with Crippen LogP contribution in [-0.2, 0) is 13.1 Å². The van der Waals surface area contributed by atoms with Crippen LogP contribution in [0.1, 0.15) is 37.6 Å². The quantitative estimate of drug-likeness (QED) is 0.619. The first kappa shape index (κ1) is 14.3. The van der Waals surface area contributed by atoms with Gasteiger partial charge in [-0.25, -0.2) is 0 Å². The standard InChI is InChI=1S/C13H20BrN3/c1-4-6-7-8-9-15-10-12-13(14)11(3)16-17(12)5-2/h1,15H,5-10H2,2-3H3. The second-order valence-electron chi connectivity index (χ2n) is 4.00. The van der Waals surface area contributed by atoms with Gasteiger partial charge in [0.05, 0.1) is 15.9 Å². The van der Waals surface area contributed by atoms with E-state index in [2.05, 4.69) is 39.2 Å². The Morgan fingerprint density at radius 2 is 2.24 bits per heavy atom. The first-order valence-corrected chi connectivity index (χ1v) is 6.86. The molecule has 17 heavy (non-hydrogen) atoms. The zero-order valence-corrected chi connectivity index (χ0v) is 12.2. The lowest BCUT2D eigenvalue weighted by Crippen LogP contribution is -2.18. The van der Waals surface area contributed by atoms with Crippen LogP contribution in [0.25, 0.3) is 0 Å². The highest BCUT2D eigenvalue weighted by molar-refractivity contribution is 9.10. The van der Waals surface area contributed by atoms with Crippen molar-refractivity contribution in [1.29, 1.82) is 0 Å². The highest BCUT2D eigenvalue weighted by Gasteiger charge is 2.10. The zero-order chi connectivity index (χ0) is 12.7. The lowest BCUT2D eigenvalue weighted by molar-refractivity contribution is 0.565. The van der Waals surface area contributed by atoms with E-state index in [0.29, 0.717) is 0 Å². The Labute approximate surface area is 112 Å². The predicted molar refractivity (Wildman–Crippen MR) is 74.7 cm³/mol. The minimum absolute atomic E-state index is 0.852. The number of halogens is 1. The lowest BCUT2D eigenvalue weighted by Gasteiger charge is -2.07. The number of nitrogens with one attached hydrogen (secondary N) is 1. The summed E-state index contributed by atoms with van der Waals surface area (Å²) in [6, 6.07) is 0. The summed E-state index contributed by atoms with van der Waals surface area (Å²) in [6.45, 7) is 6.88. The van der Waals surface area contributed by atoms with Gasteiger partial charge in [0.25, 0.3) is 0 Å². The molecule has 4 heteroatoms. The maximum absolute atomic E-state index is 5.21. The van der Waals surface area contributed by atoms with Gasteiger partial charge in [-0.3, -0.25) is 4.68 Å². The number of unbranched alkanes of at least 4 members (excludes halogenated alkanes) is 2. The maximum Gasteiger partial charge on any atom is 0.0739 e. The van der Waals surface area contributed by atoms with Crippen molar-refractivity contribution in [3.05, 3.63) is 15.9 Å². The van der Waals surface area contributed by atoms with E-state index in [0.717, 1.165) is 49.1 Å². The summed E-state index contributed by atoms with van der Waals surface area (Å²) in [4.78, 5) is 0. The van der Waals surface area contributed by atoms with Crippen LogP contribution in [0.4, 0.5) is 0 Å². The average Bonchev–Trinajstić information content (AvgIpc) is 2.60. The molecule has 0 aliphatic carbocycles. The van der Waals surface area contributed by atoms with E-state index in [1.807, 2.05) is 11.6 Å². The zero-order valence-electron chi connectivity index (χ0n) is 10.6. The minimum Gasteiger partial charge on any atom is -0.311 e. The van der Waals surface area contributed by atoms with Crippen molar-refractivity contribution in [2.45, 2.75) is 46.2 Å². The van der Waals surface area contributed by atoms with Gasteiger partial charge < -0.3 is 5.32 Å². The fourth-order valence-corrected chi connectivity index (χ4v) is 2.15. The molecule has 0 bridgehead atoms. The monoisotopic (exact) mass is 297 g/mol. The van der Waals surface area contributed by atoms with Gasteiger partial charge in [-0.2, -0.15) is 5.10 Å². The van der Waals surface area contributed by atoms with E-state index >= 15 is 0 Å². The van der Waals surface area contributed by atoms with Crippen molar-refractivity contribution in [3.63, 3.8) is 0 Å². The fourth-order valence-electron chi connectivity index (χ4n) is 1.72. The van der Waals surface area contributed by atoms with Crippen LogP contribution in [0.5, 0.6) is 0 Å². The van der Waals surface area contributed by atoms with E-state index in [1.165, 1.54) is 5.69 Å². The van der Waals surface area contributed by atoms with Crippen molar-refractivity contribution in [3.8, 4) is 12.3 Å². The third kappa shape index (κ3) is 4.18. The molecule has 1 aromatic rings. The molecule has 94 valence electrons. The summed E-state index contributed by atoms with van der Waals surface area (Å²) < 4.78 is 3.16. The molecule has 0 spiro atoms. The Morgan fingerprint density at radius 1 is 1.47 bits per heavy atom. The van der Waals surface area contributed by atoms with Crippen LogP contribution >= 0.6 is 15.9 Å². The van der Waals surface area contributed by atoms with E-state index in [1.54, 1.807) is 0 Å². The Morgan fingerprint density at radius 3 is 2.88 bits per heavy atom. The second kappa shape index (κ2) is 7.52. The molecule has 0 fully saturated rings. The number of aromatic nitrogens is 2. The summed E-state index contributed by atoms with van der Waals surface area (Å²) in [5.74, 6) is 2.66. The summed E-state index contributed by atoms with van der Waals surface area (Å²) in [5, 5.41) is 7.89. The molecule has 0 unspecified atom stereocenters. The van der Waals surface area contributed by atoms with Crippen LogP contribution in [0.15, 0.2) is 4.47 Å². The van der Waals surface area contributed by atoms with Crippen molar-refractivity contribution in [2.24, 2.45) is 0 Å². The topological polar surface area (TPSA) is 29.9 Å². The summed E-state index contributed by atoms with van der Waals surface area (Å²) in [6.07, 6.45) is 8.30. The molecule has 1 aromatic heterocycles. The van der Waals surface area contributed by atoms with Gasteiger partial charge in [0, 0.05) is 19.5 Å². The van der Waals surface area contributed by atoms with E-state index < -0.39 is 0 Å². The Bertz CT molecular complexity index is 390. The average molecular weight is 298 g/mol. The first-order valence-electron chi connectivity index (χ1n) is 6.06. The smallest absolute Gasteiger partial charge is 0.0739 e. The number of hydrogen-bond donors (Lipinski definition) is 1. The van der Waals surface area contributed by atoms with Gasteiger partial charge in [0.1, 0.15) is 0 Å². The van der Waals surface area contributed by atoms with Crippen molar-refractivity contribution in [2.75, 3.05) is 6.54 Å². The highest BCUT2D eigenvalue weighted by atomic mass is 79.9. The first-order chi connectivity index (χ1) is 8.20. The molecule has 1 rings (SSSR count). The molecule has 1 N–H and O–H groups in total. The molecule has 0 saturated carbocycles. The third-order valence-corrected chi connectivity index (χ3v) is 3.70. The van der Waals surface area contributed by atoms with Gasteiger partial charge in [-0.15, -0.1) is 12.3 Å². The molecule has 0 saturated heterocycles. The SMILES string of the molecule is C#CCCCCNCc1c(Br)c(C)nn1CC. The number of hydrogen-bond acceptors (Lipinski definition) is 2. The molecular weight excluding hydrogens is 278 g/mol. The van der Waals surface area contributed by atoms with Crippen molar-refractivity contribution < 1.29 is 0 Å². The summed E-state index contributed by atoms with van der Waals surface area (Å²) in [7, 11) is 0. The summed E-state index contributed by atoms with van der Waals surface area (Å²) >= 11 is 3.59. The molecule has 1 heterocycles. The Balaban J connectivity index is 2.38. The van der Waals surface area contributed by atoms with E-state index in [4.69, 9.17) is 6.42 Å². The van der Waals surface area contributed by atoms with Crippen LogP contribution in [0.3, 0.4) is 0 Å². The van der Waals surface area contributed by atoms with Crippen molar-refractivity contribution in [1.82, 2.24) is 15.1 Å². The van der Waals surface area contributed by atoms with Gasteiger partial charge >= 0.3 is 0 Å². The van der Waals surface area contributed by atoms with Crippen LogP contribution in [-0.4, -0.2) is 16.3 Å². The van der Waals surface area contributed by atoms with Gasteiger partial charge in [0.2, 0.25) is 0 Å². The molecule has 3 nitrogen and oxygen atoms in total. The largest absolute Gasteiger partial charge is 0.311 e. The normalized spacial score (nSPS) is 10.5. The molecule has 0 radical (unpaired) electrons. The fraction of sp³-hybridized carbons (Fsp3) is 0.615. The van der Waals surface area contributed by atoms with Crippen LogP contribution < -0.4 is 5.32 Å². The minimum atomic E-state index is 0.852. The van der Waals surface area contributed by atoms with Gasteiger partial charge in [0.15, 0.2) is 0 Å². The number of rotatable bonds is 7. The Kier molecular flexibility index (Phi) is 6.31. The second-order valence-corrected chi connectivity index (χ2v) is 4.79. The van der Waals surface area contributed by atoms with Crippen LogP contribution in [0.2, 0.25) is 0 Å². The van der Waals surface area contributed by atoms with E-state index in [-0.39, 0.29) is 0 Å². The highest BCUT2D eigenvalue weighted by Crippen LogP contribution is 2.20. The number of nitrogens with zero attached hydrogens (tertiary/aromatic N) is 2. The number of terminal acetylenes is 1. The maximum atomic E-state index is 5.21. The molecular formula is C13H20BrN3. The third-order valence-electron chi connectivity index (χ3n) is 2.67. The van der Waals surface area contributed by atoms with Crippen LogP contribution in [0, 0.1) is 19.3 Å². The number of aryl methyl sites for hydroxylation is 2. The lowest BCUT2D eigenvalue weighted by atomic mass is 10.2.